The number of H-pyrrole nitrogens is 1. The van der Waals surface area contributed by atoms with Crippen molar-refractivity contribution in [3.63, 3.8) is 0 Å². The molecule has 0 bridgehead atoms. The Morgan fingerprint density at radius 1 is 1.04 bits per heavy atom. The van der Waals surface area contributed by atoms with E-state index in [1.807, 2.05) is 54.6 Å². The fourth-order valence-corrected chi connectivity index (χ4v) is 2.61. The molecule has 1 N–H and O–H groups in total. The summed E-state index contributed by atoms with van der Waals surface area (Å²) >= 11 is 0. The largest absolute Gasteiger partial charge is 0.323 e. The van der Waals surface area contributed by atoms with Crippen LogP contribution in [-0.4, -0.2) is 15.8 Å². The molecule has 118 valence electrons. The van der Waals surface area contributed by atoms with Crippen molar-refractivity contribution in [1.29, 1.82) is 0 Å². The number of hydrogen-bond donors (Lipinski definition) is 1. The lowest BCUT2D eigenvalue weighted by Gasteiger charge is -2.20. The summed E-state index contributed by atoms with van der Waals surface area (Å²) in [7, 11) is 0. The monoisotopic (exact) mass is 316 g/mol. The third-order valence-electron chi connectivity index (χ3n) is 3.82. The molecule has 2 aromatic carbocycles. The molecule has 0 fully saturated rings. The molecule has 0 aliphatic heterocycles. The number of amides is 1. The molecule has 0 atom stereocenters. The Labute approximate surface area is 139 Å². The lowest BCUT2D eigenvalue weighted by Crippen LogP contribution is -2.31. The molecule has 0 spiro atoms. The van der Waals surface area contributed by atoms with Gasteiger partial charge in [-0.15, -0.1) is 6.42 Å². The van der Waals surface area contributed by atoms with Gasteiger partial charge < -0.3 is 9.88 Å². The number of aromatic amines is 1. The van der Waals surface area contributed by atoms with Crippen molar-refractivity contribution in [2.45, 2.75) is 13.1 Å². The molecule has 0 radical (unpaired) electrons. The molecule has 3 aromatic rings. The summed E-state index contributed by atoms with van der Waals surface area (Å²) in [5, 5.41) is 0.917. The van der Waals surface area contributed by atoms with Crippen LogP contribution in [0, 0.1) is 12.3 Å². The van der Waals surface area contributed by atoms with E-state index in [0.29, 0.717) is 12.1 Å². The summed E-state index contributed by atoms with van der Waals surface area (Å²) in [6.45, 7) is 0.522. The van der Waals surface area contributed by atoms with E-state index in [4.69, 9.17) is 6.42 Å². The second kappa shape index (κ2) is 6.84. The maximum atomic E-state index is 12.3. The second-order valence-corrected chi connectivity index (χ2v) is 5.50. The highest BCUT2D eigenvalue weighted by Crippen LogP contribution is 2.13. The Kier molecular flexibility index (Phi) is 4.44. The zero-order valence-electron chi connectivity index (χ0n) is 13.0. The third-order valence-corrected chi connectivity index (χ3v) is 3.82. The molecule has 0 saturated carbocycles. The SMILES string of the molecule is C#CC(=O)N(Cc1ccccc1)Cc1cc2ccccc2[nH]c1=O. The Balaban J connectivity index is 1.93. The van der Waals surface area contributed by atoms with E-state index in [9.17, 15) is 9.59 Å². The molecule has 3 rings (SSSR count). The van der Waals surface area contributed by atoms with Crippen LogP contribution in [0.15, 0.2) is 65.5 Å². The van der Waals surface area contributed by atoms with E-state index in [0.717, 1.165) is 16.5 Å². The van der Waals surface area contributed by atoms with E-state index in [-0.39, 0.29) is 12.1 Å². The van der Waals surface area contributed by atoms with Crippen molar-refractivity contribution < 1.29 is 4.79 Å². The van der Waals surface area contributed by atoms with E-state index < -0.39 is 5.91 Å². The number of aromatic nitrogens is 1. The van der Waals surface area contributed by atoms with Gasteiger partial charge in [-0.3, -0.25) is 9.59 Å². The number of para-hydroxylation sites is 1. The van der Waals surface area contributed by atoms with Crippen LogP contribution in [0.3, 0.4) is 0 Å². The van der Waals surface area contributed by atoms with Gasteiger partial charge in [-0.1, -0.05) is 48.5 Å². The van der Waals surface area contributed by atoms with Crippen LogP contribution in [0.1, 0.15) is 11.1 Å². The molecule has 0 saturated heterocycles. The minimum atomic E-state index is -0.439. The zero-order chi connectivity index (χ0) is 16.9. The number of fused-ring (bicyclic) bond motifs is 1. The predicted octanol–water partition coefficient (Wildman–Crippen LogP) is 2.69. The van der Waals surface area contributed by atoms with Gasteiger partial charge in [-0.25, -0.2) is 0 Å². The van der Waals surface area contributed by atoms with E-state index >= 15 is 0 Å². The number of benzene rings is 2. The Hall–Kier alpha value is -3.32. The topological polar surface area (TPSA) is 53.2 Å². The average molecular weight is 316 g/mol. The van der Waals surface area contributed by atoms with Crippen molar-refractivity contribution >= 4 is 16.8 Å². The first-order valence-electron chi connectivity index (χ1n) is 7.58. The first-order valence-corrected chi connectivity index (χ1v) is 7.58. The molecule has 4 heteroatoms. The minimum Gasteiger partial charge on any atom is -0.323 e. The van der Waals surface area contributed by atoms with Gasteiger partial charge in [0.05, 0.1) is 6.54 Å². The Bertz CT molecular complexity index is 968. The Morgan fingerprint density at radius 2 is 1.75 bits per heavy atom. The molecular weight excluding hydrogens is 300 g/mol. The summed E-state index contributed by atoms with van der Waals surface area (Å²) in [5.41, 5.74) is 2.02. The molecule has 0 unspecified atom stereocenters. The molecule has 0 aliphatic rings. The summed E-state index contributed by atoms with van der Waals surface area (Å²) in [5.74, 6) is 1.70. The number of nitrogens with zero attached hydrogens (tertiary/aromatic N) is 1. The third kappa shape index (κ3) is 3.36. The Morgan fingerprint density at radius 3 is 2.50 bits per heavy atom. The van der Waals surface area contributed by atoms with Crippen molar-refractivity contribution in [1.82, 2.24) is 9.88 Å². The maximum Gasteiger partial charge on any atom is 0.298 e. The number of terminal acetylenes is 1. The van der Waals surface area contributed by atoms with Crippen LogP contribution >= 0.6 is 0 Å². The summed E-state index contributed by atoms with van der Waals surface area (Å²) in [6.07, 6.45) is 5.28. The standard InChI is InChI=1S/C20H16N2O2/c1-2-19(23)22(13-15-8-4-3-5-9-15)14-17-12-16-10-6-7-11-18(16)21-20(17)24/h1,3-12H,13-14H2,(H,21,24). The van der Waals surface area contributed by atoms with Crippen LogP contribution in [0.25, 0.3) is 10.9 Å². The molecule has 1 aromatic heterocycles. The first kappa shape index (κ1) is 15.6. The lowest BCUT2D eigenvalue weighted by molar-refractivity contribution is -0.126. The summed E-state index contributed by atoms with van der Waals surface area (Å²) < 4.78 is 0. The van der Waals surface area contributed by atoms with E-state index in [1.54, 1.807) is 6.07 Å². The van der Waals surface area contributed by atoms with Crippen molar-refractivity contribution in [2.75, 3.05) is 0 Å². The average Bonchev–Trinajstić information content (AvgIpc) is 2.62. The van der Waals surface area contributed by atoms with Gasteiger partial charge in [0.2, 0.25) is 0 Å². The normalized spacial score (nSPS) is 10.3. The van der Waals surface area contributed by atoms with Crippen molar-refractivity contribution in [3.05, 3.63) is 82.1 Å². The van der Waals surface area contributed by atoms with Gasteiger partial charge >= 0.3 is 0 Å². The minimum absolute atomic E-state index is 0.165. The van der Waals surface area contributed by atoms with Crippen LogP contribution in [0.5, 0.6) is 0 Å². The number of hydrogen-bond acceptors (Lipinski definition) is 2. The number of carbonyl (C=O) groups excluding carboxylic acids is 1. The van der Waals surface area contributed by atoms with Gasteiger partial charge in [0.25, 0.3) is 11.5 Å². The summed E-state index contributed by atoms with van der Waals surface area (Å²) in [4.78, 5) is 28.7. The van der Waals surface area contributed by atoms with Gasteiger partial charge in [0.15, 0.2) is 0 Å². The molecule has 1 amide bonds. The summed E-state index contributed by atoms with van der Waals surface area (Å²) in [6, 6.07) is 18.9. The number of nitrogens with one attached hydrogen (secondary N) is 1. The quantitative estimate of drug-likeness (QED) is 0.752. The first-order chi connectivity index (χ1) is 11.7. The molecule has 0 aliphatic carbocycles. The van der Waals surface area contributed by atoms with Crippen LogP contribution in [-0.2, 0) is 17.9 Å². The van der Waals surface area contributed by atoms with Gasteiger partial charge in [0.1, 0.15) is 0 Å². The molecule has 1 heterocycles. The highest BCUT2D eigenvalue weighted by molar-refractivity contribution is 5.92. The van der Waals surface area contributed by atoms with Crippen molar-refractivity contribution in [2.24, 2.45) is 0 Å². The smallest absolute Gasteiger partial charge is 0.298 e. The van der Waals surface area contributed by atoms with Gasteiger partial charge in [0, 0.05) is 17.6 Å². The van der Waals surface area contributed by atoms with E-state index in [2.05, 4.69) is 10.9 Å². The molecule has 4 nitrogen and oxygen atoms in total. The number of rotatable bonds is 4. The fourth-order valence-electron chi connectivity index (χ4n) is 2.61. The van der Waals surface area contributed by atoms with Crippen LogP contribution in [0.4, 0.5) is 0 Å². The predicted molar refractivity (Wildman–Crippen MR) is 94.1 cm³/mol. The lowest BCUT2D eigenvalue weighted by atomic mass is 10.1. The zero-order valence-corrected chi connectivity index (χ0v) is 13.0. The van der Waals surface area contributed by atoms with Crippen LogP contribution < -0.4 is 5.56 Å². The van der Waals surface area contributed by atoms with Crippen molar-refractivity contribution in [3.8, 4) is 12.3 Å². The number of carbonyl (C=O) groups is 1. The highest BCUT2D eigenvalue weighted by Gasteiger charge is 2.14. The fraction of sp³-hybridized carbons (Fsp3) is 0.100. The van der Waals surface area contributed by atoms with Crippen LogP contribution in [0.2, 0.25) is 0 Å². The second-order valence-electron chi connectivity index (χ2n) is 5.50. The van der Waals surface area contributed by atoms with Gasteiger partial charge in [-0.05, 0) is 29.0 Å². The van der Waals surface area contributed by atoms with E-state index in [1.165, 1.54) is 4.90 Å². The maximum absolute atomic E-state index is 12.3. The highest BCUT2D eigenvalue weighted by atomic mass is 16.2. The molecule has 24 heavy (non-hydrogen) atoms. The van der Waals surface area contributed by atoms with Gasteiger partial charge in [-0.2, -0.15) is 0 Å². The molecular formula is C20H16N2O2. The number of pyridine rings is 1.